The van der Waals surface area contributed by atoms with Crippen molar-refractivity contribution in [2.75, 3.05) is 6.61 Å². The Morgan fingerprint density at radius 2 is 1.50 bits per heavy atom. The fraction of sp³-hybridized carbons (Fsp3) is 0.500. The van der Waals surface area contributed by atoms with Crippen molar-refractivity contribution in [3.63, 3.8) is 0 Å². The summed E-state index contributed by atoms with van der Waals surface area (Å²) < 4.78 is 18.8. The van der Waals surface area contributed by atoms with Crippen molar-refractivity contribution >= 4 is 29.7 Å². The number of rotatable bonds is 9. The van der Waals surface area contributed by atoms with Crippen molar-refractivity contribution in [3.8, 4) is 6.07 Å². The molecule has 0 aliphatic heterocycles. The van der Waals surface area contributed by atoms with Crippen LogP contribution in [0.2, 0.25) is 5.04 Å². The Labute approximate surface area is 196 Å². The van der Waals surface area contributed by atoms with Gasteiger partial charge < -0.3 is 4.43 Å². The molecule has 1 fully saturated rings. The highest BCUT2D eigenvalue weighted by molar-refractivity contribution is 7.84. The molecule has 172 valence electrons. The largest absolute Gasteiger partial charge is 0.407 e. The summed E-state index contributed by atoms with van der Waals surface area (Å²) in [6, 6.07) is 23.6. The molecule has 2 aromatic carbocycles. The molecule has 6 heteroatoms. The predicted molar refractivity (Wildman–Crippen MR) is 135 cm³/mol. The van der Waals surface area contributed by atoms with Gasteiger partial charge in [0.2, 0.25) is 0 Å². The molecule has 4 nitrogen and oxygen atoms in total. The maximum Gasteiger partial charge on any atom is 0.261 e. The maximum absolute atomic E-state index is 12.2. The lowest BCUT2D eigenvalue weighted by Crippen LogP contribution is -2.67. The van der Waals surface area contributed by atoms with Gasteiger partial charge in [0.1, 0.15) is 0 Å². The topological polar surface area (TPSA) is 76.1 Å². The molecule has 1 aliphatic carbocycles. The van der Waals surface area contributed by atoms with E-state index in [4.69, 9.17) is 9.56 Å². The molecule has 1 unspecified atom stereocenters. The lowest BCUT2D eigenvalue weighted by Gasteiger charge is -2.44. The molecule has 0 amide bonds. The van der Waals surface area contributed by atoms with E-state index >= 15 is 0 Å². The second-order valence-corrected chi connectivity index (χ2v) is 16.7. The van der Waals surface area contributed by atoms with Gasteiger partial charge >= 0.3 is 0 Å². The second kappa shape index (κ2) is 9.22. The number of nitrogens with two attached hydrogens (primary N) is 1. The van der Waals surface area contributed by atoms with Crippen molar-refractivity contribution < 1.29 is 8.63 Å². The second-order valence-electron chi connectivity index (χ2n) is 10.7. The number of hydrogen-bond acceptors (Lipinski definition) is 3. The van der Waals surface area contributed by atoms with Crippen LogP contribution in [0, 0.1) is 22.7 Å². The average molecular weight is 469 g/mol. The van der Waals surface area contributed by atoms with E-state index in [-0.39, 0.29) is 11.0 Å². The van der Waals surface area contributed by atoms with Gasteiger partial charge in [-0.15, -0.1) is 0 Å². The highest BCUT2D eigenvalue weighted by Gasteiger charge is 2.55. The first-order valence-corrected chi connectivity index (χ1v) is 14.4. The minimum atomic E-state index is -2.69. The molecule has 0 spiro atoms. The average Bonchev–Trinajstić information content (AvgIpc) is 3.55. The molecule has 3 rings (SSSR count). The van der Waals surface area contributed by atoms with Gasteiger partial charge in [-0.2, -0.15) is 5.26 Å². The molecular formula is C26H36N2O2SSi. The minimum absolute atomic E-state index is 0.0170. The smallest absolute Gasteiger partial charge is 0.261 e. The SMILES string of the molecule is CC(C)(C[C@@H](CO[Si](c1ccccc1)(c1ccccc1)C(C)(C)C)C1(C#N)CC1)S(N)=O. The molecule has 0 bridgehead atoms. The Balaban J connectivity index is 2.06. The van der Waals surface area contributed by atoms with Crippen molar-refractivity contribution in [1.82, 2.24) is 0 Å². The van der Waals surface area contributed by atoms with Crippen LogP contribution in [0.1, 0.15) is 53.9 Å². The normalized spacial score (nSPS) is 17.9. The van der Waals surface area contributed by atoms with Crippen molar-refractivity contribution in [1.29, 1.82) is 5.26 Å². The first-order chi connectivity index (χ1) is 15.0. The fourth-order valence-electron chi connectivity index (χ4n) is 4.82. The summed E-state index contributed by atoms with van der Waals surface area (Å²) in [7, 11) is -4.17. The van der Waals surface area contributed by atoms with E-state index < -0.39 is 29.5 Å². The maximum atomic E-state index is 12.2. The Hall–Kier alpha value is -1.78. The first kappa shape index (κ1) is 24.9. The van der Waals surface area contributed by atoms with Crippen LogP contribution in [-0.4, -0.2) is 23.9 Å². The summed E-state index contributed by atoms with van der Waals surface area (Å²) in [5.41, 5.74) is -0.401. The van der Waals surface area contributed by atoms with Crippen molar-refractivity contribution in [3.05, 3.63) is 60.7 Å². The van der Waals surface area contributed by atoms with Crippen molar-refractivity contribution in [2.45, 2.75) is 63.7 Å². The van der Waals surface area contributed by atoms with Crippen LogP contribution in [0.15, 0.2) is 60.7 Å². The lowest BCUT2D eigenvalue weighted by molar-refractivity contribution is 0.178. The van der Waals surface area contributed by atoms with Gasteiger partial charge in [0, 0.05) is 12.5 Å². The molecule has 0 aromatic heterocycles. The van der Waals surface area contributed by atoms with Crippen molar-refractivity contribution in [2.24, 2.45) is 16.5 Å². The van der Waals surface area contributed by atoms with Gasteiger partial charge in [0.15, 0.2) is 0 Å². The minimum Gasteiger partial charge on any atom is -0.407 e. The van der Waals surface area contributed by atoms with Gasteiger partial charge in [0.25, 0.3) is 8.32 Å². The van der Waals surface area contributed by atoms with E-state index in [1.807, 2.05) is 26.0 Å². The van der Waals surface area contributed by atoms with Gasteiger partial charge in [-0.3, -0.25) is 5.14 Å². The van der Waals surface area contributed by atoms with Crippen LogP contribution < -0.4 is 15.5 Å². The van der Waals surface area contributed by atoms with Crippen LogP contribution in [0.3, 0.4) is 0 Å². The third-order valence-electron chi connectivity index (χ3n) is 6.99. The summed E-state index contributed by atoms with van der Waals surface area (Å²) in [6.45, 7) is 11.1. The number of hydrogen-bond donors (Lipinski definition) is 1. The van der Waals surface area contributed by atoms with Gasteiger partial charge in [0.05, 0.1) is 27.2 Å². The molecule has 2 aromatic rings. The van der Waals surface area contributed by atoms with E-state index in [1.165, 1.54) is 10.4 Å². The zero-order valence-electron chi connectivity index (χ0n) is 19.9. The van der Waals surface area contributed by atoms with E-state index in [0.717, 1.165) is 12.8 Å². The van der Waals surface area contributed by atoms with Gasteiger partial charge in [-0.05, 0) is 48.5 Å². The van der Waals surface area contributed by atoms with Crippen LogP contribution in [-0.2, 0) is 15.4 Å². The van der Waals surface area contributed by atoms with E-state index in [2.05, 4.69) is 75.4 Å². The Kier molecular flexibility index (Phi) is 7.16. The highest BCUT2D eigenvalue weighted by Crippen LogP contribution is 2.54. The molecule has 0 saturated heterocycles. The molecule has 1 saturated carbocycles. The predicted octanol–water partition coefficient (Wildman–Crippen LogP) is 4.27. The molecule has 2 N–H and O–H groups in total. The lowest BCUT2D eigenvalue weighted by atomic mass is 9.84. The summed E-state index contributed by atoms with van der Waals surface area (Å²) in [5.74, 6) is -0.0170. The Bertz CT molecular complexity index is 937. The van der Waals surface area contributed by atoms with E-state index in [9.17, 15) is 9.47 Å². The molecule has 1 aliphatic rings. The van der Waals surface area contributed by atoms with E-state index in [1.54, 1.807) is 0 Å². The molecule has 2 atom stereocenters. The standard InChI is InChI=1S/C26H36N2O2SSi/c1-24(2,3)32(22-12-8-6-9-13-22,23-14-10-7-11-15-23)30-19-21(26(20-27)16-17-26)18-25(4,5)31(28)29/h6-15,21H,16-19,28H2,1-5H3/t21-,31?/m0/s1. The number of nitriles is 1. The number of nitrogens with zero attached hydrogens (tertiary/aromatic N) is 1. The van der Waals surface area contributed by atoms with Gasteiger partial charge in [-0.1, -0.05) is 81.4 Å². The zero-order valence-corrected chi connectivity index (χ0v) is 21.7. The van der Waals surface area contributed by atoms with Crippen LogP contribution in [0.25, 0.3) is 0 Å². The highest BCUT2D eigenvalue weighted by atomic mass is 32.2. The van der Waals surface area contributed by atoms with Crippen LogP contribution in [0.4, 0.5) is 0 Å². The summed E-state index contributed by atoms with van der Waals surface area (Å²) >= 11 is 0. The Morgan fingerprint density at radius 3 is 1.84 bits per heavy atom. The summed E-state index contributed by atoms with van der Waals surface area (Å²) in [6.07, 6.45) is 2.33. The monoisotopic (exact) mass is 468 g/mol. The van der Waals surface area contributed by atoms with E-state index in [0.29, 0.717) is 13.0 Å². The first-order valence-electron chi connectivity index (χ1n) is 11.3. The molecular weight excluding hydrogens is 432 g/mol. The fourth-order valence-corrected chi connectivity index (χ4v) is 9.79. The van der Waals surface area contributed by atoms with Crippen LogP contribution in [0.5, 0.6) is 0 Å². The summed E-state index contributed by atoms with van der Waals surface area (Å²) in [5, 5.41) is 18.1. The Morgan fingerprint density at radius 1 is 1.03 bits per heavy atom. The van der Waals surface area contributed by atoms with Gasteiger partial charge in [-0.25, -0.2) is 4.21 Å². The summed E-state index contributed by atoms with van der Waals surface area (Å²) in [4.78, 5) is 0. The number of benzene rings is 2. The molecule has 32 heavy (non-hydrogen) atoms. The third-order valence-corrected chi connectivity index (χ3v) is 13.3. The third kappa shape index (κ3) is 4.77. The molecule has 0 heterocycles. The van der Waals surface area contributed by atoms with Crippen LogP contribution >= 0.6 is 0 Å². The molecule has 0 radical (unpaired) electrons. The zero-order chi connectivity index (χ0) is 23.6. The quantitative estimate of drug-likeness (QED) is 0.558.